The van der Waals surface area contributed by atoms with Gasteiger partial charge in [0.25, 0.3) is 12.3 Å². The van der Waals surface area contributed by atoms with Crippen molar-refractivity contribution in [2.75, 3.05) is 17.2 Å². The van der Waals surface area contributed by atoms with Crippen LogP contribution in [0, 0.1) is 5.82 Å². The summed E-state index contributed by atoms with van der Waals surface area (Å²) in [6.45, 7) is -0.933. The number of amides is 2. The molecule has 0 fully saturated rings. The smallest absolute Gasteiger partial charge is 0.415 e. The van der Waals surface area contributed by atoms with Crippen LogP contribution in [-0.4, -0.2) is 46.1 Å². The monoisotopic (exact) mass is 710 g/mol. The summed E-state index contributed by atoms with van der Waals surface area (Å²) in [4.78, 5) is 29.7. The van der Waals surface area contributed by atoms with Crippen molar-refractivity contribution in [3.8, 4) is 5.75 Å². The van der Waals surface area contributed by atoms with Crippen molar-refractivity contribution >= 4 is 75.0 Å². The third-order valence-electron chi connectivity index (χ3n) is 6.68. The molecule has 0 aliphatic heterocycles. The minimum atomic E-state index is -5.01. The van der Waals surface area contributed by atoms with Gasteiger partial charge in [0.15, 0.2) is 5.54 Å². The van der Waals surface area contributed by atoms with Gasteiger partial charge in [-0.25, -0.2) is 18.2 Å². The number of benzene rings is 3. The number of nitrogens with one attached hydrogen (secondary N) is 3. The third-order valence-corrected chi connectivity index (χ3v) is 7.71. The molecule has 0 spiro atoms. The predicted octanol–water partition coefficient (Wildman–Crippen LogP) is 7.21. The lowest BCUT2D eigenvalue weighted by Crippen LogP contribution is -2.61. The lowest BCUT2D eigenvalue weighted by Gasteiger charge is -2.26. The number of carbonyl (C=O) groups is 2. The summed E-state index contributed by atoms with van der Waals surface area (Å²) in [7, 11) is 1.54. The Morgan fingerprint density at radius 2 is 1.76 bits per heavy atom. The molecular formula is C28H23Cl3F6N6O3. The first kappa shape index (κ1) is 34.9. The van der Waals surface area contributed by atoms with E-state index in [1.165, 1.54) is 34.9 Å². The second-order valence-electron chi connectivity index (χ2n) is 10.0. The standard InChI is InChI=1S/C28H23Cl3F6N6O3/c1-27(38,28(35,36)37)25(45)39-10-12-3-5-15(29)23(22(12)31)42-26-41-18-8-14(20(46-11-21(33)34)9-19(18)43(26)2)24(44)40-13-4-6-17(32)16(30)7-13/h3-9,21H,10-11,38H2,1-2H3,(H,39,45)(H,40,44)(H,41,42). The van der Waals surface area contributed by atoms with Gasteiger partial charge in [0.1, 0.15) is 18.2 Å². The van der Waals surface area contributed by atoms with Crippen LogP contribution in [0.1, 0.15) is 22.8 Å². The lowest BCUT2D eigenvalue weighted by molar-refractivity contribution is -0.187. The minimum Gasteiger partial charge on any atom is -0.487 e. The number of ether oxygens (including phenoxy) is 1. The number of hydrogen-bond donors (Lipinski definition) is 4. The molecule has 0 saturated heterocycles. The first-order chi connectivity index (χ1) is 21.4. The number of aromatic nitrogens is 2. The van der Waals surface area contributed by atoms with Crippen LogP contribution >= 0.6 is 34.8 Å². The molecule has 1 atom stereocenters. The lowest BCUT2D eigenvalue weighted by atomic mass is 10.0. The van der Waals surface area contributed by atoms with E-state index in [0.29, 0.717) is 12.4 Å². The Hall–Kier alpha value is -3.92. The van der Waals surface area contributed by atoms with Crippen molar-refractivity contribution in [2.24, 2.45) is 12.8 Å². The Bertz CT molecular complexity index is 1820. The molecule has 0 saturated carbocycles. The van der Waals surface area contributed by atoms with E-state index < -0.39 is 48.9 Å². The number of halogens is 9. The van der Waals surface area contributed by atoms with Crippen LogP contribution in [0.3, 0.4) is 0 Å². The number of anilines is 3. The van der Waals surface area contributed by atoms with Gasteiger partial charge in [-0.05, 0) is 42.8 Å². The van der Waals surface area contributed by atoms with Gasteiger partial charge < -0.3 is 31.0 Å². The molecule has 1 unspecified atom stereocenters. The highest BCUT2D eigenvalue weighted by Gasteiger charge is 2.53. The molecule has 246 valence electrons. The molecule has 2 amide bonds. The summed E-state index contributed by atoms with van der Waals surface area (Å²) in [6.07, 6.45) is -7.87. The predicted molar refractivity (Wildman–Crippen MR) is 162 cm³/mol. The second-order valence-corrected chi connectivity index (χ2v) is 11.2. The SMILES string of the molecule is Cn1c(Nc2c(Cl)ccc(CNC(=O)C(C)(N)C(F)(F)F)c2Cl)nc2cc(C(=O)Nc3ccc(F)c(Cl)c3)c(OCC(F)F)cc21. The molecule has 5 N–H and O–H groups in total. The number of fused-ring (bicyclic) bond motifs is 1. The average molecular weight is 712 g/mol. The topological polar surface area (TPSA) is 123 Å². The zero-order chi connectivity index (χ0) is 34.1. The largest absolute Gasteiger partial charge is 0.487 e. The van der Waals surface area contributed by atoms with E-state index in [4.69, 9.17) is 45.3 Å². The molecule has 0 radical (unpaired) electrons. The Morgan fingerprint density at radius 1 is 1.07 bits per heavy atom. The molecule has 4 aromatic rings. The van der Waals surface area contributed by atoms with Crippen LogP contribution in [0.25, 0.3) is 11.0 Å². The first-order valence-electron chi connectivity index (χ1n) is 13.0. The van der Waals surface area contributed by atoms with Gasteiger partial charge in [0, 0.05) is 25.3 Å². The van der Waals surface area contributed by atoms with E-state index in [9.17, 15) is 35.9 Å². The van der Waals surface area contributed by atoms with Gasteiger partial charge in [0.2, 0.25) is 11.9 Å². The first-order valence-corrected chi connectivity index (χ1v) is 14.1. The van der Waals surface area contributed by atoms with Crippen molar-refractivity contribution < 1.29 is 40.7 Å². The molecule has 3 aromatic carbocycles. The van der Waals surface area contributed by atoms with E-state index in [1.807, 2.05) is 0 Å². The number of nitrogens with two attached hydrogens (primary N) is 1. The molecule has 0 bridgehead atoms. The Kier molecular flexibility index (Phi) is 10.2. The number of nitrogens with zero attached hydrogens (tertiary/aromatic N) is 2. The maximum atomic E-state index is 13.6. The number of carbonyl (C=O) groups excluding carboxylic acids is 2. The molecule has 4 rings (SSSR count). The van der Waals surface area contributed by atoms with Crippen LogP contribution in [-0.2, 0) is 18.4 Å². The van der Waals surface area contributed by atoms with Gasteiger partial charge in [0.05, 0.1) is 37.4 Å². The Balaban J connectivity index is 1.66. The maximum absolute atomic E-state index is 13.6. The van der Waals surface area contributed by atoms with Crippen LogP contribution in [0.2, 0.25) is 15.1 Å². The van der Waals surface area contributed by atoms with Crippen LogP contribution < -0.4 is 26.4 Å². The normalized spacial score (nSPS) is 13.1. The molecule has 0 aliphatic rings. The van der Waals surface area contributed by atoms with E-state index in [1.54, 1.807) is 7.05 Å². The number of aryl methyl sites for hydroxylation is 1. The minimum absolute atomic E-state index is 0.0652. The van der Waals surface area contributed by atoms with E-state index in [-0.39, 0.29) is 54.8 Å². The van der Waals surface area contributed by atoms with Crippen molar-refractivity contribution in [1.29, 1.82) is 0 Å². The van der Waals surface area contributed by atoms with Gasteiger partial charge in [-0.3, -0.25) is 9.59 Å². The maximum Gasteiger partial charge on any atom is 0.415 e. The summed E-state index contributed by atoms with van der Waals surface area (Å²) in [6, 6.07) is 8.79. The van der Waals surface area contributed by atoms with Gasteiger partial charge in [-0.15, -0.1) is 0 Å². The number of hydrogen-bond acceptors (Lipinski definition) is 6. The van der Waals surface area contributed by atoms with Crippen molar-refractivity contribution in [2.45, 2.75) is 31.6 Å². The number of rotatable bonds is 10. The zero-order valence-electron chi connectivity index (χ0n) is 23.6. The van der Waals surface area contributed by atoms with Crippen molar-refractivity contribution in [1.82, 2.24) is 14.9 Å². The molecule has 9 nitrogen and oxygen atoms in total. The van der Waals surface area contributed by atoms with E-state index in [2.05, 4.69) is 20.9 Å². The van der Waals surface area contributed by atoms with E-state index >= 15 is 0 Å². The fourth-order valence-corrected chi connectivity index (χ4v) is 4.71. The molecule has 18 heteroatoms. The van der Waals surface area contributed by atoms with Gasteiger partial charge in [-0.1, -0.05) is 40.9 Å². The Morgan fingerprint density at radius 3 is 2.39 bits per heavy atom. The molecule has 46 heavy (non-hydrogen) atoms. The highest BCUT2D eigenvalue weighted by molar-refractivity contribution is 6.39. The number of imidazole rings is 1. The molecule has 1 heterocycles. The zero-order valence-corrected chi connectivity index (χ0v) is 25.9. The fraction of sp³-hybridized carbons (Fsp3) is 0.250. The Labute approximate surface area is 271 Å². The molecular weight excluding hydrogens is 689 g/mol. The fourth-order valence-electron chi connectivity index (χ4n) is 4.00. The van der Waals surface area contributed by atoms with Crippen molar-refractivity contribution in [3.05, 3.63) is 74.5 Å². The highest BCUT2D eigenvalue weighted by atomic mass is 35.5. The summed E-state index contributed by atoms with van der Waals surface area (Å²) < 4.78 is 85.8. The summed E-state index contributed by atoms with van der Waals surface area (Å²) in [5.41, 5.74) is 2.72. The van der Waals surface area contributed by atoms with Crippen LogP contribution in [0.4, 0.5) is 43.7 Å². The number of alkyl halides is 5. The van der Waals surface area contributed by atoms with Gasteiger partial charge in [-0.2, -0.15) is 13.2 Å². The van der Waals surface area contributed by atoms with Gasteiger partial charge >= 0.3 is 6.18 Å². The second kappa shape index (κ2) is 13.4. The summed E-state index contributed by atoms with van der Waals surface area (Å²) >= 11 is 18.6. The average Bonchev–Trinajstić information content (AvgIpc) is 3.28. The van der Waals surface area contributed by atoms with E-state index in [0.717, 1.165) is 12.1 Å². The van der Waals surface area contributed by atoms with Crippen LogP contribution in [0.5, 0.6) is 5.75 Å². The molecule has 0 aliphatic carbocycles. The third kappa shape index (κ3) is 7.38. The van der Waals surface area contributed by atoms with Crippen LogP contribution in [0.15, 0.2) is 42.5 Å². The summed E-state index contributed by atoms with van der Waals surface area (Å²) in [5.74, 6) is -3.12. The van der Waals surface area contributed by atoms with Crippen molar-refractivity contribution in [3.63, 3.8) is 0 Å². The highest BCUT2D eigenvalue weighted by Crippen LogP contribution is 2.37. The molecule has 1 aromatic heterocycles. The quantitative estimate of drug-likeness (QED) is 0.129. The summed E-state index contributed by atoms with van der Waals surface area (Å²) in [5, 5.41) is 7.26.